The van der Waals surface area contributed by atoms with E-state index in [1.54, 1.807) is 0 Å². The molecule has 0 unspecified atom stereocenters. The van der Waals surface area contributed by atoms with E-state index in [2.05, 4.69) is 5.32 Å². The van der Waals surface area contributed by atoms with E-state index in [9.17, 15) is 26.4 Å². The third-order valence-corrected chi connectivity index (χ3v) is 4.73. The Kier molecular flexibility index (Phi) is 6.07. The molecule has 0 aliphatic heterocycles. The molecule has 0 aliphatic rings. The monoisotopic (exact) mass is 397 g/mol. The Balaban J connectivity index is 2.12. The van der Waals surface area contributed by atoms with E-state index in [4.69, 9.17) is 5.26 Å². The molecule has 6 nitrogen and oxygen atoms in total. The average molecular weight is 397 g/mol. The Morgan fingerprint density at radius 1 is 1.11 bits per heavy atom. The molecule has 2 aromatic carbocycles. The van der Waals surface area contributed by atoms with Crippen LogP contribution in [0.4, 0.5) is 24.5 Å². The summed E-state index contributed by atoms with van der Waals surface area (Å²) in [5.74, 6) is -5.45. The van der Waals surface area contributed by atoms with Gasteiger partial charge in [-0.15, -0.1) is 0 Å². The summed E-state index contributed by atoms with van der Waals surface area (Å²) in [5, 5.41) is 10.9. The zero-order valence-corrected chi connectivity index (χ0v) is 14.9. The van der Waals surface area contributed by atoms with Crippen molar-refractivity contribution in [1.29, 1.82) is 5.26 Å². The molecule has 2 rings (SSSR count). The first-order valence-corrected chi connectivity index (χ1v) is 9.39. The lowest BCUT2D eigenvalue weighted by Gasteiger charge is -2.22. The van der Waals surface area contributed by atoms with E-state index >= 15 is 0 Å². The summed E-state index contributed by atoms with van der Waals surface area (Å²) in [6.45, 7) is -0.276. The third-order valence-electron chi connectivity index (χ3n) is 3.54. The summed E-state index contributed by atoms with van der Waals surface area (Å²) in [5.41, 5.74) is 0.0187. The van der Waals surface area contributed by atoms with Crippen molar-refractivity contribution >= 4 is 27.3 Å². The molecule has 0 aliphatic carbocycles. The highest BCUT2D eigenvalue weighted by molar-refractivity contribution is 7.92. The third kappa shape index (κ3) is 4.98. The van der Waals surface area contributed by atoms with Crippen molar-refractivity contribution in [2.24, 2.45) is 0 Å². The number of hydrogen-bond donors (Lipinski definition) is 1. The second-order valence-corrected chi connectivity index (χ2v) is 7.42. The van der Waals surface area contributed by atoms with Crippen molar-refractivity contribution in [3.8, 4) is 6.07 Å². The van der Waals surface area contributed by atoms with Crippen LogP contribution in [0, 0.1) is 28.8 Å². The van der Waals surface area contributed by atoms with Crippen LogP contribution >= 0.6 is 0 Å². The zero-order chi connectivity index (χ0) is 20.2. The number of nitriles is 1. The van der Waals surface area contributed by atoms with Gasteiger partial charge in [0, 0.05) is 13.0 Å². The molecule has 27 heavy (non-hydrogen) atoms. The predicted octanol–water partition coefficient (Wildman–Crippen LogP) is 2.77. The molecule has 2 aromatic rings. The quantitative estimate of drug-likeness (QED) is 0.759. The van der Waals surface area contributed by atoms with E-state index in [1.807, 2.05) is 6.07 Å². The number of nitrogens with one attached hydrogen (secondary N) is 1. The van der Waals surface area contributed by atoms with Gasteiger partial charge in [0.25, 0.3) is 0 Å². The van der Waals surface area contributed by atoms with Gasteiger partial charge in [-0.05, 0) is 36.4 Å². The fourth-order valence-corrected chi connectivity index (χ4v) is 3.15. The van der Waals surface area contributed by atoms with Gasteiger partial charge in [0.15, 0.2) is 17.5 Å². The Bertz CT molecular complexity index is 1000. The van der Waals surface area contributed by atoms with Crippen molar-refractivity contribution < 1.29 is 26.4 Å². The smallest absolute Gasteiger partial charge is 0.232 e. The number of sulfonamides is 1. The van der Waals surface area contributed by atoms with Gasteiger partial charge in [0.2, 0.25) is 15.9 Å². The van der Waals surface area contributed by atoms with Crippen LogP contribution in [-0.4, -0.2) is 27.1 Å². The van der Waals surface area contributed by atoms with Crippen LogP contribution in [0.5, 0.6) is 0 Å². The number of amides is 1. The Morgan fingerprint density at radius 2 is 1.74 bits per heavy atom. The highest BCUT2D eigenvalue weighted by Gasteiger charge is 2.20. The minimum atomic E-state index is -3.74. The van der Waals surface area contributed by atoms with Crippen molar-refractivity contribution in [3.63, 3.8) is 0 Å². The second-order valence-electron chi connectivity index (χ2n) is 5.51. The first-order chi connectivity index (χ1) is 12.6. The molecule has 0 atom stereocenters. The van der Waals surface area contributed by atoms with Gasteiger partial charge in [0.05, 0.1) is 29.3 Å². The van der Waals surface area contributed by atoms with Gasteiger partial charge in [-0.1, -0.05) is 0 Å². The van der Waals surface area contributed by atoms with Gasteiger partial charge in [0.1, 0.15) is 0 Å². The van der Waals surface area contributed by atoms with Crippen molar-refractivity contribution in [2.75, 3.05) is 22.4 Å². The summed E-state index contributed by atoms with van der Waals surface area (Å²) in [7, 11) is -3.74. The van der Waals surface area contributed by atoms with Crippen LogP contribution in [0.3, 0.4) is 0 Å². The number of anilines is 2. The topological polar surface area (TPSA) is 90.3 Å². The van der Waals surface area contributed by atoms with Crippen LogP contribution < -0.4 is 9.62 Å². The maximum absolute atomic E-state index is 13.6. The first kappa shape index (κ1) is 20.3. The number of carbonyl (C=O) groups is 1. The molecule has 142 valence electrons. The molecule has 0 saturated carbocycles. The standard InChI is InChI=1S/C17H14F3N3O3S/c1-27(25,26)23(12-4-2-11(10-21)3-5-12)9-8-15(24)22-14-7-6-13(18)16(19)17(14)20/h2-7H,8-9H2,1H3,(H,22,24). The maximum Gasteiger partial charge on any atom is 0.232 e. The van der Waals surface area contributed by atoms with E-state index in [1.165, 1.54) is 24.3 Å². The van der Waals surface area contributed by atoms with Crippen LogP contribution in [0.25, 0.3) is 0 Å². The number of nitrogens with zero attached hydrogens (tertiary/aromatic N) is 2. The molecule has 1 N–H and O–H groups in total. The number of benzene rings is 2. The van der Waals surface area contributed by atoms with E-state index in [0.29, 0.717) is 11.6 Å². The summed E-state index contributed by atoms with van der Waals surface area (Å²) in [6, 6.07) is 9.08. The Hall–Kier alpha value is -3.06. The fraction of sp³-hybridized carbons (Fsp3) is 0.176. The molecule has 0 spiro atoms. The molecule has 0 bridgehead atoms. The van der Waals surface area contributed by atoms with Gasteiger partial charge < -0.3 is 5.32 Å². The van der Waals surface area contributed by atoms with E-state index in [-0.39, 0.29) is 18.7 Å². The molecule has 0 fully saturated rings. The summed E-state index contributed by atoms with van der Waals surface area (Å²) in [4.78, 5) is 12.0. The summed E-state index contributed by atoms with van der Waals surface area (Å²) in [6.07, 6.45) is 0.573. The molecule has 0 radical (unpaired) electrons. The molecule has 10 heteroatoms. The lowest BCUT2D eigenvalue weighted by Crippen LogP contribution is -2.33. The maximum atomic E-state index is 13.6. The largest absolute Gasteiger partial charge is 0.323 e. The van der Waals surface area contributed by atoms with E-state index < -0.39 is 39.1 Å². The summed E-state index contributed by atoms with van der Waals surface area (Å²) < 4.78 is 64.6. The number of rotatable bonds is 6. The zero-order valence-electron chi connectivity index (χ0n) is 14.0. The highest BCUT2D eigenvalue weighted by Crippen LogP contribution is 2.21. The number of carbonyl (C=O) groups excluding carboxylic acids is 1. The Labute approximate surface area is 153 Å². The van der Waals surface area contributed by atoms with Crippen LogP contribution in [0.2, 0.25) is 0 Å². The Morgan fingerprint density at radius 3 is 2.30 bits per heavy atom. The molecular formula is C17H14F3N3O3S. The van der Waals surface area contributed by atoms with Gasteiger partial charge >= 0.3 is 0 Å². The van der Waals surface area contributed by atoms with Crippen molar-refractivity contribution in [3.05, 3.63) is 59.4 Å². The molecule has 0 heterocycles. The van der Waals surface area contributed by atoms with Crippen LogP contribution in [0.1, 0.15) is 12.0 Å². The number of hydrogen-bond acceptors (Lipinski definition) is 4. The predicted molar refractivity (Wildman–Crippen MR) is 92.9 cm³/mol. The second kappa shape index (κ2) is 8.09. The lowest BCUT2D eigenvalue weighted by molar-refractivity contribution is -0.116. The molecular weight excluding hydrogens is 383 g/mol. The SMILES string of the molecule is CS(=O)(=O)N(CCC(=O)Nc1ccc(F)c(F)c1F)c1ccc(C#N)cc1. The summed E-state index contributed by atoms with van der Waals surface area (Å²) >= 11 is 0. The molecule has 1 amide bonds. The average Bonchev–Trinajstić information content (AvgIpc) is 2.62. The van der Waals surface area contributed by atoms with Gasteiger partial charge in [-0.2, -0.15) is 5.26 Å². The number of halogens is 3. The fourth-order valence-electron chi connectivity index (χ4n) is 2.23. The minimum Gasteiger partial charge on any atom is -0.323 e. The molecule has 0 saturated heterocycles. The van der Waals surface area contributed by atoms with Crippen LogP contribution in [-0.2, 0) is 14.8 Å². The van der Waals surface area contributed by atoms with Gasteiger partial charge in [-0.25, -0.2) is 21.6 Å². The van der Waals surface area contributed by atoms with Crippen molar-refractivity contribution in [1.82, 2.24) is 0 Å². The van der Waals surface area contributed by atoms with Crippen LogP contribution in [0.15, 0.2) is 36.4 Å². The van der Waals surface area contributed by atoms with Crippen molar-refractivity contribution in [2.45, 2.75) is 6.42 Å². The minimum absolute atomic E-state index is 0.239. The first-order valence-electron chi connectivity index (χ1n) is 7.54. The molecule has 0 aromatic heterocycles. The van der Waals surface area contributed by atoms with E-state index in [0.717, 1.165) is 16.6 Å². The highest BCUT2D eigenvalue weighted by atomic mass is 32.2. The normalized spacial score (nSPS) is 10.9. The lowest BCUT2D eigenvalue weighted by atomic mass is 10.2. The van der Waals surface area contributed by atoms with Gasteiger partial charge in [-0.3, -0.25) is 9.10 Å².